The summed E-state index contributed by atoms with van der Waals surface area (Å²) in [7, 11) is 0. The molecule has 10 heteroatoms. The van der Waals surface area contributed by atoms with Crippen molar-refractivity contribution in [3.8, 4) is 0 Å². The summed E-state index contributed by atoms with van der Waals surface area (Å²) in [5.41, 5.74) is 1.13. The zero-order valence-corrected chi connectivity index (χ0v) is 17.2. The van der Waals surface area contributed by atoms with Crippen LogP contribution >= 0.6 is 0 Å². The topological polar surface area (TPSA) is 170 Å². The summed E-state index contributed by atoms with van der Waals surface area (Å²) in [4.78, 5) is 24.2. The third-order valence-electron chi connectivity index (χ3n) is 5.37. The van der Waals surface area contributed by atoms with Crippen LogP contribution in [0.25, 0.3) is 11.0 Å². The molecular formula is C21H27NO9. The van der Waals surface area contributed by atoms with Gasteiger partial charge in [-0.3, -0.25) is 4.79 Å². The Hall–Kier alpha value is -2.34. The number of hydrogen-bond acceptors (Lipinski definition) is 9. The van der Waals surface area contributed by atoms with Crippen LogP contribution in [0.5, 0.6) is 0 Å². The highest BCUT2D eigenvalue weighted by atomic mass is 16.6. The number of aliphatic hydroxyl groups excluding tert-OH is 4. The van der Waals surface area contributed by atoms with Gasteiger partial charge in [-0.25, -0.2) is 4.79 Å². The first-order chi connectivity index (χ1) is 14.5. The maximum Gasteiger partial charge on any atom is 0.336 e. The number of rotatable bonds is 6. The fraction of sp³-hybridized carbons (Fsp3) is 0.524. The van der Waals surface area contributed by atoms with Crippen molar-refractivity contribution in [1.82, 2.24) is 5.32 Å². The van der Waals surface area contributed by atoms with Gasteiger partial charge in [0.1, 0.15) is 23.9 Å². The number of aryl methyl sites for hydroxylation is 1. The minimum Gasteiger partial charge on any atom is -0.423 e. The van der Waals surface area contributed by atoms with Crippen molar-refractivity contribution in [2.24, 2.45) is 0 Å². The van der Waals surface area contributed by atoms with Crippen molar-refractivity contribution in [1.29, 1.82) is 0 Å². The van der Waals surface area contributed by atoms with Gasteiger partial charge in [0, 0.05) is 17.9 Å². The SMILES string of the molecule is Cc1cc(=O)oc2cc(CC(=O)N[C@H]3[C@H]([C@H](O)[C@H](O)CO)O[C@@](C)(O)C[C@@H]3O)ccc12. The zero-order valence-electron chi connectivity index (χ0n) is 17.2. The summed E-state index contributed by atoms with van der Waals surface area (Å²) in [5, 5.41) is 53.1. The van der Waals surface area contributed by atoms with Gasteiger partial charge in [-0.05, 0) is 31.0 Å². The minimum atomic E-state index is -1.80. The lowest BCUT2D eigenvalue weighted by molar-refractivity contribution is -0.292. The van der Waals surface area contributed by atoms with Crippen LogP contribution in [-0.2, 0) is 16.0 Å². The van der Waals surface area contributed by atoms with Gasteiger partial charge < -0.3 is 40.0 Å². The summed E-state index contributed by atoms with van der Waals surface area (Å²) in [6.45, 7) is 2.28. The molecular weight excluding hydrogens is 410 g/mol. The first-order valence-corrected chi connectivity index (χ1v) is 9.89. The second-order valence-corrected chi connectivity index (χ2v) is 8.12. The average molecular weight is 437 g/mol. The lowest BCUT2D eigenvalue weighted by Gasteiger charge is -2.45. The molecule has 1 aliphatic heterocycles. The Morgan fingerprint density at radius 2 is 2.03 bits per heavy atom. The monoisotopic (exact) mass is 437 g/mol. The zero-order chi connectivity index (χ0) is 22.9. The first kappa shape index (κ1) is 23.3. The number of benzene rings is 1. The summed E-state index contributed by atoms with van der Waals surface area (Å²) >= 11 is 0. The van der Waals surface area contributed by atoms with E-state index >= 15 is 0 Å². The molecule has 2 heterocycles. The Kier molecular flexibility index (Phi) is 6.79. The van der Waals surface area contributed by atoms with Crippen LogP contribution < -0.4 is 10.9 Å². The Balaban J connectivity index is 1.78. The van der Waals surface area contributed by atoms with E-state index < -0.39 is 54.4 Å². The number of carbonyl (C=O) groups is 1. The molecule has 170 valence electrons. The van der Waals surface area contributed by atoms with E-state index in [0.29, 0.717) is 11.1 Å². The number of hydrogen-bond donors (Lipinski definition) is 6. The average Bonchev–Trinajstić information content (AvgIpc) is 2.67. The molecule has 1 amide bonds. The second-order valence-electron chi connectivity index (χ2n) is 8.12. The molecule has 6 atom stereocenters. The van der Waals surface area contributed by atoms with Crippen LogP contribution in [0.1, 0.15) is 24.5 Å². The fourth-order valence-electron chi connectivity index (χ4n) is 3.84. The van der Waals surface area contributed by atoms with Gasteiger partial charge in [-0.2, -0.15) is 0 Å². The summed E-state index contributed by atoms with van der Waals surface area (Å²) < 4.78 is 10.6. The smallest absolute Gasteiger partial charge is 0.336 e. The number of amides is 1. The predicted octanol–water partition coefficient (Wildman–Crippen LogP) is -1.30. The van der Waals surface area contributed by atoms with Gasteiger partial charge in [0.15, 0.2) is 5.79 Å². The first-order valence-electron chi connectivity index (χ1n) is 9.89. The molecule has 1 aromatic heterocycles. The number of ether oxygens (including phenoxy) is 1. The third kappa shape index (κ3) is 5.29. The van der Waals surface area contributed by atoms with Gasteiger partial charge >= 0.3 is 5.63 Å². The van der Waals surface area contributed by atoms with E-state index in [1.54, 1.807) is 25.1 Å². The maximum atomic E-state index is 12.6. The van der Waals surface area contributed by atoms with Gasteiger partial charge in [0.05, 0.1) is 25.2 Å². The van der Waals surface area contributed by atoms with Gasteiger partial charge in [0.25, 0.3) is 0 Å². The molecule has 1 aliphatic rings. The Morgan fingerprint density at radius 1 is 1.32 bits per heavy atom. The van der Waals surface area contributed by atoms with E-state index in [4.69, 9.17) is 14.3 Å². The van der Waals surface area contributed by atoms with Crippen LogP contribution in [0, 0.1) is 6.92 Å². The molecule has 1 aromatic carbocycles. The van der Waals surface area contributed by atoms with E-state index in [2.05, 4.69) is 5.32 Å². The summed E-state index contributed by atoms with van der Waals surface area (Å²) in [5.74, 6) is -2.32. The van der Waals surface area contributed by atoms with Crippen LogP contribution in [0.2, 0.25) is 0 Å². The fourth-order valence-corrected chi connectivity index (χ4v) is 3.84. The molecule has 0 bridgehead atoms. The molecule has 0 spiro atoms. The van der Waals surface area contributed by atoms with Crippen LogP contribution in [0.4, 0.5) is 0 Å². The van der Waals surface area contributed by atoms with Crippen LogP contribution in [0.3, 0.4) is 0 Å². The van der Waals surface area contributed by atoms with Gasteiger partial charge in [-0.1, -0.05) is 12.1 Å². The number of carbonyl (C=O) groups excluding carboxylic acids is 1. The van der Waals surface area contributed by atoms with Crippen molar-refractivity contribution >= 4 is 16.9 Å². The standard InChI is InChI=1S/C21H27NO9/c1-10-5-17(27)30-15-6-11(3-4-12(10)15)7-16(26)22-18-13(24)8-21(2,29)31-20(18)19(28)14(25)9-23/h3-6,13-14,18-20,23-25,28-29H,7-9H2,1-2H3,(H,22,26)/t13-,14+,18+,19+,20+,21+/m0/s1. The lowest BCUT2D eigenvalue weighted by atomic mass is 9.89. The van der Waals surface area contributed by atoms with Crippen LogP contribution in [0.15, 0.2) is 33.5 Å². The molecule has 0 unspecified atom stereocenters. The van der Waals surface area contributed by atoms with Crippen molar-refractivity contribution in [2.75, 3.05) is 6.61 Å². The van der Waals surface area contributed by atoms with Crippen molar-refractivity contribution < 1.29 is 39.5 Å². The molecule has 6 N–H and O–H groups in total. The molecule has 0 aliphatic carbocycles. The van der Waals surface area contributed by atoms with Crippen molar-refractivity contribution in [2.45, 2.75) is 62.9 Å². The summed E-state index contributed by atoms with van der Waals surface area (Å²) in [6, 6.07) is 5.24. The minimum absolute atomic E-state index is 0.126. The summed E-state index contributed by atoms with van der Waals surface area (Å²) in [6.07, 6.45) is -6.29. The number of aliphatic hydroxyl groups is 5. The molecule has 3 rings (SSSR count). The highest BCUT2D eigenvalue weighted by Crippen LogP contribution is 2.30. The highest BCUT2D eigenvalue weighted by Gasteiger charge is 2.48. The van der Waals surface area contributed by atoms with E-state index in [1.165, 1.54) is 13.0 Å². The molecule has 0 radical (unpaired) electrons. The highest BCUT2D eigenvalue weighted by molar-refractivity contribution is 5.83. The maximum absolute atomic E-state index is 12.6. The molecule has 10 nitrogen and oxygen atoms in total. The number of fused-ring (bicyclic) bond motifs is 1. The molecule has 1 saturated heterocycles. The van der Waals surface area contributed by atoms with Crippen molar-refractivity contribution in [3.63, 3.8) is 0 Å². The Labute approximate surface area is 177 Å². The molecule has 2 aromatic rings. The normalized spacial score (nSPS) is 28.3. The van der Waals surface area contributed by atoms with E-state index in [9.17, 15) is 30.0 Å². The van der Waals surface area contributed by atoms with E-state index in [0.717, 1.165) is 10.9 Å². The molecule has 1 fully saturated rings. The van der Waals surface area contributed by atoms with Gasteiger partial charge in [0.2, 0.25) is 5.91 Å². The third-order valence-corrected chi connectivity index (χ3v) is 5.37. The van der Waals surface area contributed by atoms with E-state index in [-0.39, 0.29) is 12.8 Å². The molecule has 31 heavy (non-hydrogen) atoms. The second kappa shape index (κ2) is 9.03. The van der Waals surface area contributed by atoms with Crippen LogP contribution in [-0.4, -0.2) is 74.3 Å². The number of nitrogens with one attached hydrogen (secondary N) is 1. The van der Waals surface area contributed by atoms with Crippen molar-refractivity contribution in [3.05, 3.63) is 45.8 Å². The largest absolute Gasteiger partial charge is 0.423 e. The predicted molar refractivity (Wildman–Crippen MR) is 108 cm³/mol. The quantitative estimate of drug-likeness (QED) is 0.301. The lowest BCUT2D eigenvalue weighted by Crippen LogP contribution is -2.65. The Morgan fingerprint density at radius 3 is 2.71 bits per heavy atom. The molecule has 0 saturated carbocycles. The Bertz CT molecular complexity index is 1000. The van der Waals surface area contributed by atoms with E-state index in [1.807, 2.05) is 0 Å². The van der Waals surface area contributed by atoms with Gasteiger partial charge in [-0.15, -0.1) is 0 Å².